The van der Waals surface area contributed by atoms with E-state index < -0.39 is 0 Å². The Bertz CT molecular complexity index is 378. The first kappa shape index (κ1) is 11.3. The summed E-state index contributed by atoms with van der Waals surface area (Å²) < 4.78 is 4.81. The topological polar surface area (TPSA) is 58.4 Å². The number of aromatic nitrogens is 1. The van der Waals surface area contributed by atoms with Gasteiger partial charge in [-0.05, 0) is 14.0 Å². The van der Waals surface area contributed by atoms with Crippen LogP contribution in [0.15, 0.2) is 10.6 Å². The molecule has 0 saturated heterocycles. The Morgan fingerprint density at radius 2 is 2.53 bits per heavy atom. The first-order chi connectivity index (χ1) is 7.11. The molecule has 80 valence electrons. The van der Waals surface area contributed by atoms with Crippen LogP contribution in [-0.2, 0) is 4.79 Å². The van der Waals surface area contributed by atoms with Crippen LogP contribution in [0, 0.1) is 19.3 Å². The van der Waals surface area contributed by atoms with Gasteiger partial charge in [-0.25, -0.2) is 0 Å². The summed E-state index contributed by atoms with van der Waals surface area (Å²) in [5.41, 5.74) is 0. The second kappa shape index (κ2) is 5.17. The molecule has 1 aromatic heterocycles. The minimum Gasteiger partial charge on any atom is -0.360 e. The van der Waals surface area contributed by atoms with E-state index in [0.29, 0.717) is 18.1 Å². The Kier molecular flexibility index (Phi) is 3.89. The van der Waals surface area contributed by atoms with Crippen molar-refractivity contribution in [3.05, 3.63) is 11.8 Å². The predicted molar refractivity (Wildman–Crippen MR) is 56.2 cm³/mol. The molecule has 1 amide bonds. The molecule has 1 aromatic rings. The van der Waals surface area contributed by atoms with E-state index in [4.69, 9.17) is 10.9 Å². The number of nitrogens with one attached hydrogen (secondary N) is 1. The Hall–Kier alpha value is -1.80. The monoisotopic (exact) mass is 207 g/mol. The number of anilines is 1. The van der Waals surface area contributed by atoms with E-state index in [9.17, 15) is 4.79 Å². The molecule has 5 heteroatoms. The van der Waals surface area contributed by atoms with Crippen molar-refractivity contribution in [2.75, 3.05) is 25.5 Å². The van der Waals surface area contributed by atoms with Crippen molar-refractivity contribution in [1.82, 2.24) is 10.1 Å². The van der Waals surface area contributed by atoms with Crippen molar-refractivity contribution in [3.63, 3.8) is 0 Å². The third-order valence-corrected chi connectivity index (χ3v) is 1.67. The summed E-state index contributed by atoms with van der Waals surface area (Å²) in [5, 5.41) is 6.24. The molecule has 0 spiro atoms. The van der Waals surface area contributed by atoms with Gasteiger partial charge in [-0.3, -0.25) is 9.69 Å². The fourth-order valence-corrected chi connectivity index (χ4v) is 1.06. The van der Waals surface area contributed by atoms with E-state index in [0.717, 1.165) is 0 Å². The van der Waals surface area contributed by atoms with Crippen LogP contribution in [0.5, 0.6) is 0 Å². The molecule has 0 unspecified atom stereocenters. The highest BCUT2D eigenvalue weighted by molar-refractivity contribution is 5.91. The van der Waals surface area contributed by atoms with Gasteiger partial charge in [0.15, 0.2) is 5.82 Å². The van der Waals surface area contributed by atoms with Gasteiger partial charge in [-0.15, -0.1) is 6.42 Å². The third kappa shape index (κ3) is 3.83. The van der Waals surface area contributed by atoms with Gasteiger partial charge in [0.2, 0.25) is 5.91 Å². The van der Waals surface area contributed by atoms with E-state index in [1.165, 1.54) is 0 Å². The Labute approximate surface area is 88.4 Å². The van der Waals surface area contributed by atoms with Gasteiger partial charge in [0.05, 0.1) is 13.1 Å². The van der Waals surface area contributed by atoms with Crippen molar-refractivity contribution < 1.29 is 9.32 Å². The molecule has 0 fully saturated rings. The van der Waals surface area contributed by atoms with Crippen molar-refractivity contribution in [1.29, 1.82) is 0 Å². The highest BCUT2D eigenvalue weighted by Gasteiger charge is 2.08. The fraction of sp³-hybridized carbons (Fsp3) is 0.400. The molecule has 0 aliphatic rings. The molecule has 1 rings (SSSR count). The zero-order chi connectivity index (χ0) is 11.3. The zero-order valence-corrected chi connectivity index (χ0v) is 8.78. The lowest BCUT2D eigenvalue weighted by Gasteiger charge is -2.11. The van der Waals surface area contributed by atoms with E-state index in [1.54, 1.807) is 24.9 Å². The van der Waals surface area contributed by atoms with Crippen LogP contribution in [0.1, 0.15) is 5.76 Å². The van der Waals surface area contributed by atoms with Gasteiger partial charge in [0.25, 0.3) is 0 Å². The summed E-state index contributed by atoms with van der Waals surface area (Å²) in [6.45, 7) is 2.43. The summed E-state index contributed by atoms with van der Waals surface area (Å²) in [5.74, 6) is 3.36. The largest absolute Gasteiger partial charge is 0.360 e. The minimum absolute atomic E-state index is 0.166. The SMILES string of the molecule is C#CCN(C)CC(=O)Nc1cc(C)on1. The quantitative estimate of drug-likeness (QED) is 0.730. The van der Waals surface area contributed by atoms with Crippen LogP contribution in [0.4, 0.5) is 5.82 Å². The minimum atomic E-state index is -0.166. The summed E-state index contributed by atoms with van der Waals surface area (Å²) in [4.78, 5) is 13.1. The Morgan fingerprint density at radius 3 is 3.07 bits per heavy atom. The van der Waals surface area contributed by atoms with Crippen molar-refractivity contribution in [3.8, 4) is 12.3 Å². The van der Waals surface area contributed by atoms with Crippen molar-refractivity contribution >= 4 is 11.7 Å². The molecule has 0 radical (unpaired) electrons. The lowest BCUT2D eigenvalue weighted by atomic mass is 10.4. The van der Waals surface area contributed by atoms with E-state index >= 15 is 0 Å². The number of carbonyl (C=O) groups is 1. The number of likely N-dealkylation sites (N-methyl/N-ethyl adjacent to an activating group) is 1. The standard InChI is InChI=1S/C10H13N3O2/c1-4-5-13(3)7-10(14)11-9-6-8(2)15-12-9/h1,6H,5,7H2,2-3H3,(H,11,12,14). The van der Waals surface area contributed by atoms with Crippen molar-refractivity contribution in [2.24, 2.45) is 0 Å². The van der Waals surface area contributed by atoms with Crippen LogP contribution in [0.2, 0.25) is 0 Å². The normalized spacial score (nSPS) is 10.0. The third-order valence-electron chi connectivity index (χ3n) is 1.67. The molecule has 0 bridgehead atoms. The van der Waals surface area contributed by atoms with Crippen LogP contribution in [0.25, 0.3) is 0 Å². The maximum absolute atomic E-state index is 11.4. The number of hydrogen-bond donors (Lipinski definition) is 1. The smallest absolute Gasteiger partial charge is 0.239 e. The molecule has 0 atom stereocenters. The molecule has 0 aromatic carbocycles. The van der Waals surface area contributed by atoms with Crippen LogP contribution < -0.4 is 5.32 Å². The average Bonchev–Trinajstić information content (AvgIpc) is 2.51. The van der Waals surface area contributed by atoms with Crippen LogP contribution in [0.3, 0.4) is 0 Å². The summed E-state index contributed by atoms with van der Waals surface area (Å²) in [6, 6.07) is 1.65. The average molecular weight is 207 g/mol. The second-order valence-electron chi connectivity index (χ2n) is 3.25. The molecular formula is C10H13N3O2. The predicted octanol–water partition coefficient (Wildman–Crippen LogP) is 0.487. The van der Waals surface area contributed by atoms with Gasteiger partial charge in [0.1, 0.15) is 5.76 Å². The molecule has 0 saturated carbocycles. The number of amides is 1. The van der Waals surface area contributed by atoms with E-state index in [1.807, 2.05) is 0 Å². The first-order valence-electron chi connectivity index (χ1n) is 4.47. The first-order valence-corrected chi connectivity index (χ1v) is 4.47. The van der Waals surface area contributed by atoms with Crippen LogP contribution in [-0.4, -0.2) is 36.1 Å². The summed E-state index contributed by atoms with van der Waals surface area (Å²) in [6.07, 6.45) is 5.11. The van der Waals surface area contributed by atoms with Crippen LogP contribution >= 0.6 is 0 Å². The Morgan fingerprint density at radius 1 is 1.80 bits per heavy atom. The highest BCUT2D eigenvalue weighted by Crippen LogP contribution is 2.06. The van der Waals surface area contributed by atoms with E-state index in [2.05, 4.69) is 16.4 Å². The lowest BCUT2D eigenvalue weighted by molar-refractivity contribution is -0.116. The number of terminal acetylenes is 1. The molecular weight excluding hydrogens is 194 g/mol. The Balaban J connectivity index is 2.40. The number of hydrogen-bond acceptors (Lipinski definition) is 4. The molecule has 5 nitrogen and oxygen atoms in total. The van der Waals surface area contributed by atoms with Crippen molar-refractivity contribution in [2.45, 2.75) is 6.92 Å². The highest BCUT2D eigenvalue weighted by atomic mass is 16.5. The van der Waals surface area contributed by atoms with Gasteiger partial charge < -0.3 is 9.84 Å². The zero-order valence-electron chi connectivity index (χ0n) is 8.78. The molecule has 15 heavy (non-hydrogen) atoms. The number of rotatable bonds is 4. The number of aryl methyl sites for hydroxylation is 1. The maximum atomic E-state index is 11.4. The maximum Gasteiger partial charge on any atom is 0.239 e. The number of nitrogens with zero attached hydrogens (tertiary/aromatic N) is 2. The van der Waals surface area contributed by atoms with Gasteiger partial charge in [-0.2, -0.15) is 0 Å². The van der Waals surface area contributed by atoms with E-state index in [-0.39, 0.29) is 12.5 Å². The summed E-state index contributed by atoms with van der Waals surface area (Å²) >= 11 is 0. The fourth-order valence-electron chi connectivity index (χ4n) is 1.06. The van der Waals surface area contributed by atoms with Gasteiger partial charge >= 0.3 is 0 Å². The molecule has 0 aliphatic carbocycles. The molecule has 1 heterocycles. The van der Waals surface area contributed by atoms with Gasteiger partial charge in [-0.1, -0.05) is 11.1 Å². The van der Waals surface area contributed by atoms with Gasteiger partial charge in [0, 0.05) is 6.07 Å². The lowest BCUT2D eigenvalue weighted by Crippen LogP contribution is -2.30. The second-order valence-corrected chi connectivity index (χ2v) is 3.25. The molecule has 0 aliphatic heterocycles. The molecule has 1 N–H and O–H groups in total. The summed E-state index contributed by atoms with van der Waals surface area (Å²) in [7, 11) is 1.77. The number of carbonyl (C=O) groups excluding carboxylic acids is 1.